The SMILES string of the molecule is CCNC(CCc1ccccc1)c1cc(F)ccc1Cl. The predicted octanol–water partition coefficient (Wildman–Crippen LogP) is 4.76. The van der Waals surface area contributed by atoms with Crippen LogP contribution in [0, 0.1) is 5.82 Å². The first-order valence-corrected chi connectivity index (χ1v) is 7.30. The van der Waals surface area contributed by atoms with E-state index in [1.807, 2.05) is 25.1 Å². The van der Waals surface area contributed by atoms with Gasteiger partial charge in [0.15, 0.2) is 0 Å². The highest BCUT2D eigenvalue weighted by Crippen LogP contribution is 2.27. The first-order chi connectivity index (χ1) is 9.70. The lowest BCUT2D eigenvalue weighted by molar-refractivity contribution is 0.511. The van der Waals surface area contributed by atoms with Gasteiger partial charge in [0.2, 0.25) is 0 Å². The molecule has 0 saturated carbocycles. The Morgan fingerprint density at radius 3 is 2.60 bits per heavy atom. The van der Waals surface area contributed by atoms with Crippen molar-refractivity contribution < 1.29 is 4.39 Å². The minimum Gasteiger partial charge on any atom is -0.310 e. The van der Waals surface area contributed by atoms with Crippen LogP contribution in [-0.2, 0) is 6.42 Å². The maximum absolute atomic E-state index is 13.4. The second kappa shape index (κ2) is 7.41. The van der Waals surface area contributed by atoms with E-state index in [-0.39, 0.29) is 11.9 Å². The monoisotopic (exact) mass is 291 g/mol. The standard InChI is InChI=1S/C17H19ClFN/c1-2-20-17(11-8-13-6-4-3-5-7-13)15-12-14(19)9-10-16(15)18/h3-7,9-10,12,17,20H,2,8,11H2,1H3. The highest BCUT2D eigenvalue weighted by atomic mass is 35.5. The normalized spacial score (nSPS) is 12.3. The summed E-state index contributed by atoms with van der Waals surface area (Å²) in [7, 11) is 0. The largest absolute Gasteiger partial charge is 0.310 e. The fourth-order valence-electron chi connectivity index (χ4n) is 2.35. The third-order valence-corrected chi connectivity index (χ3v) is 3.69. The van der Waals surface area contributed by atoms with Crippen LogP contribution in [0.5, 0.6) is 0 Å². The van der Waals surface area contributed by atoms with E-state index in [2.05, 4.69) is 17.4 Å². The molecular formula is C17H19ClFN. The molecule has 0 aliphatic heterocycles. The molecular weight excluding hydrogens is 273 g/mol. The molecule has 1 nitrogen and oxygen atoms in total. The summed E-state index contributed by atoms with van der Waals surface area (Å²) in [6.07, 6.45) is 1.83. The number of hydrogen-bond donors (Lipinski definition) is 1. The predicted molar refractivity (Wildman–Crippen MR) is 82.6 cm³/mol. The number of hydrogen-bond acceptors (Lipinski definition) is 1. The average molecular weight is 292 g/mol. The third-order valence-electron chi connectivity index (χ3n) is 3.35. The van der Waals surface area contributed by atoms with E-state index in [9.17, 15) is 4.39 Å². The van der Waals surface area contributed by atoms with Crippen LogP contribution in [0.15, 0.2) is 48.5 Å². The van der Waals surface area contributed by atoms with E-state index in [0.29, 0.717) is 5.02 Å². The van der Waals surface area contributed by atoms with Crippen molar-refractivity contribution in [2.24, 2.45) is 0 Å². The van der Waals surface area contributed by atoms with Crippen LogP contribution in [0.4, 0.5) is 4.39 Å². The van der Waals surface area contributed by atoms with E-state index >= 15 is 0 Å². The topological polar surface area (TPSA) is 12.0 Å². The molecule has 2 aromatic carbocycles. The van der Waals surface area contributed by atoms with Gasteiger partial charge in [-0.1, -0.05) is 48.9 Å². The molecule has 1 unspecified atom stereocenters. The van der Waals surface area contributed by atoms with E-state index < -0.39 is 0 Å². The summed E-state index contributed by atoms with van der Waals surface area (Å²) in [5, 5.41) is 4.00. The number of nitrogens with one attached hydrogen (secondary N) is 1. The molecule has 0 aliphatic rings. The van der Waals surface area contributed by atoms with Crippen molar-refractivity contribution in [3.8, 4) is 0 Å². The Morgan fingerprint density at radius 1 is 1.15 bits per heavy atom. The van der Waals surface area contributed by atoms with Gasteiger partial charge >= 0.3 is 0 Å². The smallest absolute Gasteiger partial charge is 0.123 e. The van der Waals surface area contributed by atoms with Gasteiger partial charge in [-0.3, -0.25) is 0 Å². The highest BCUT2D eigenvalue weighted by molar-refractivity contribution is 6.31. The summed E-state index contributed by atoms with van der Waals surface area (Å²) in [6.45, 7) is 2.87. The van der Waals surface area contributed by atoms with E-state index in [4.69, 9.17) is 11.6 Å². The summed E-state index contributed by atoms with van der Waals surface area (Å²) in [4.78, 5) is 0. The molecule has 0 aliphatic carbocycles. The van der Waals surface area contributed by atoms with Crippen molar-refractivity contribution in [3.05, 3.63) is 70.5 Å². The van der Waals surface area contributed by atoms with Gasteiger partial charge in [-0.15, -0.1) is 0 Å². The summed E-state index contributed by atoms with van der Waals surface area (Å²) >= 11 is 6.20. The van der Waals surface area contributed by atoms with Crippen LogP contribution in [0.3, 0.4) is 0 Å². The average Bonchev–Trinajstić information content (AvgIpc) is 2.47. The van der Waals surface area contributed by atoms with Crippen LogP contribution in [0.2, 0.25) is 5.02 Å². The maximum Gasteiger partial charge on any atom is 0.123 e. The zero-order chi connectivity index (χ0) is 14.4. The molecule has 106 valence electrons. The third kappa shape index (κ3) is 4.06. The van der Waals surface area contributed by atoms with Crippen molar-refractivity contribution in [1.29, 1.82) is 0 Å². The van der Waals surface area contributed by atoms with Crippen LogP contribution < -0.4 is 5.32 Å². The van der Waals surface area contributed by atoms with Crippen LogP contribution in [0.25, 0.3) is 0 Å². The molecule has 0 saturated heterocycles. The summed E-state index contributed by atoms with van der Waals surface area (Å²) < 4.78 is 13.4. The molecule has 0 heterocycles. The molecule has 0 spiro atoms. The zero-order valence-corrected chi connectivity index (χ0v) is 12.3. The molecule has 0 bridgehead atoms. The Hall–Kier alpha value is -1.38. The van der Waals surface area contributed by atoms with Gasteiger partial charge in [0, 0.05) is 11.1 Å². The summed E-state index contributed by atoms with van der Waals surface area (Å²) in [6, 6.07) is 14.9. The van der Waals surface area contributed by atoms with Gasteiger partial charge < -0.3 is 5.32 Å². The van der Waals surface area contributed by atoms with Gasteiger partial charge in [0.25, 0.3) is 0 Å². The Kier molecular flexibility index (Phi) is 5.57. The van der Waals surface area contributed by atoms with Crippen LogP contribution >= 0.6 is 11.6 Å². The van der Waals surface area contributed by atoms with E-state index in [0.717, 1.165) is 24.9 Å². The molecule has 0 amide bonds. The summed E-state index contributed by atoms with van der Waals surface area (Å²) in [5.41, 5.74) is 2.12. The fourth-order valence-corrected chi connectivity index (χ4v) is 2.60. The van der Waals surface area contributed by atoms with Gasteiger partial charge in [-0.2, -0.15) is 0 Å². The van der Waals surface area contributed by atoms with Gasteiger partial charge in [-0.05, 0) is 48.7 Å². The van der Waals surface area contributed by atoms with Crippen molar-refractivity contribution >= 4 is 11.6 Å². The van der Waals surface area contributed by atoms with Crippen molar-refractivity contribution in [1.82, 2.24) is 5.32 Å². The molecule has 0 aromatic heterocycles. The number of halogens is 2. The van der Waals surface area contributed by atoms with Crippen molar-refractivity contribution in [3.63, 3.8) is 0 Å². The Bertz CT molecular complexity index is 542. The molecule has 0 radical (unpaired) electrons. The lowest BCUT2D eigenvalue weighted by Gasteiger charge is -2.19. The molecule has 2 rings (SSSR count). The Morgan fingerprint density at radius 2 is 1.90 bits per heavy atom. The number of aryl methyl sites for hydroxylation is 1. The van der Waals surface area contributed by atoms with Gasteiger partial charge in [0.05, 0.1) is 0 Å². The Balaban J connectivity index is 2.12. The molecule has 0 fully saturated rings. The lowest BCUT2D eigenvalue weighted by Crippen LogP contribution is -2.22. The van der Waals surface area contributed by atoms with Crippen molar-refractivity contribution in [2.45, 2.75) is 25.8 Å². The zero-order valence-electron chi connectivity index (χ0n) is 11.6. The van der Waals surface area contributed by atoms with Crippen LogP contribution in [0.1, 0.15) is 30.5 Å². The van der Waals surface area contributed by atoms with E-state index in [1.165, 1.54) is 17.7 Å². The van der Waals surface area contributed by atoms with Gasteiger partial charge in [0.1, 0.15) is 5.82 Å². The van der Waals surface area contributed by atoms with Crippen molar-refractivity contribution in [2.75, 3.05) is 6.54 Å². The maximum atomic E-state index is 13.4. The molecule has 20 heavy (non-hydrogen) atoms. The first kappa shape index (κ1) is 15.0. The molecule has 2 aromatic rings. The first-order valence-electron chi connectivity index (χ1n) is 6.93. The minimum atomic E-state index is -0.244. The lowest BCUT2D eigenvalue weighted by atomic mass is 9.98. The van der Waals surface area contributed by atoms with E-state index in [1.54, 1.807) is 6.07 Å². The second-order valence-electron chi connectivity index (χ2n) is 4.80. The minimum absolute atomic E-state index is 0.0726. The Labute approximate surface area is 124 Å². The summed E-state index contributed by atoms with van der Waals surface area (Å²) in [5.74, 6) is -0.244. The quantitative estimate of drug-likeness (QED) is 0.809. The highest BCUT2D eigenvalue weighted by Gasteiger charge is 2.14. The fraction of sp³-hybridized carbons (Fsp3) is 0.294. The molecule has 1 N–H and O–H groups in total. The molecule has 1 atom stereocenters. The van der Waals surface area contributed by atoms with Crippen LogP contribution in [-0.4, -0.2) is 6.54 Å². The molecule has 3 heteroatoms. The second-order valence-corrected chi connectivity index (χ2v) is 5.21. The number of benzene rings is 2. The number of rotatable bonds is 6. The van der Waals surface area contributed by atoms with Gasteiger partial charge in [-0.25, -0.2) is 4.39 Å².